The van der Waals surface area contributed by atoms with Crippen molar-refractivity contribution < 1.29 is 19.2 Å². The Kier molecular flexibility index (Phi) is 4.10. The molecule has 0 spiro atoms. The molecule has 1 saturated heterocycles. The fourth-order valence-corrected chi connectivity index (χ4v) is 2.95. The quantitative estimate of drug-likeness (QED) is 0.886. The molecule has 1 fully saturated rings. The summed E-state index contributed by atoms with van der Waals surface area (Å²) in [7, 11) is 1.83. The molecule has 2 heterocycles. The maximum atomic E-state index is 12.0. The molecule has 1 aromatic heterocycles. The van der Waals surface area contributed by atoms with Gasteiger partial charge in [-0.15, -0.1) is 11.3 Å². The highest BCUT2D eigenvalue weighted by atomic mass is 79.9. The fourth-order valence-electron chi connectivity index (χ4n) is 1.51. The maximum Gasteiger partial charge on any atom is 0.354 e. The Morgan fingerprint density at radius 2 is 2.31 bits per heavy atom. The molecule has 0 aliphatic carbocycles. The van der Waals surface area contributed by atoms with Crippen LogP contribution in [0.5, 0.6) is 0 Å². The van der Waals surface area contributed by atoms with Crippen LogP contribution in [0.25, 0.3) is 0 Å². The van der Waals surface area contributed by atoms with Gasteiger partial charge in [-0.05, 0) is 22.0 Å². The number of ether oxygens (including phenoxy) is 2. The van der Waals surface area contributed by atoms with E-state index in [1.807, 2.05) is 18.5 Å². The predicted molar refractivity (Wildman–Crippen MR) is 63.8 cm³/mol. The van der Waals surface area contributed by atoms with Crippen LogP contribution >= 0.6 is 27.3 Å². The van der Waals surface area contributed by atoms with Gasteiger partial charge < -0.3 is 9.47 Å². The first kappa shape index (κ1) is 12.2. The van der Waals surface area contributed by atoms with Crippen molar-refractivity contribution in [2.75, 3.05) is 26.8 Å². The Morgan fingerprint density at radius 1 is 1.62 bits per heavy atom. The van der Waals surface area contributed by atoms with Crippen LogP contribution in [0.2, 0.25) is 0 Å². The van der Waals surface area contributed by atoms with Crippen LogP contribution in [0.4, 0.5) is 0 Å². The predicted octanol–water partition coefficient (Wildman–Crippen LogP) is 0.538. The number of nitrogens with one attached hydrogen (secondary N) is 1. The van der Waals surface area contributed by atoms with Gasteiger partial charge in [-0.25, -0.2) is 4.79 Å². The van der Waals surface area contributed by atoms with Gasteiger partial charge >= 0.3 is 5.91 Å². The van der Waals surface area contributed by atoms with Gasteiger partial charge in [0.15, 0.2) is 0 Å². The van der Waals surface area contributed by atoms with Crippen molar-refractivity contribution >= 4 is 33.2 Å². The zero-order chi connectivity index (χ0) is 11.5. The lowest BCUT2D eigenvalue weighted by Crippen LogP contribution is -3.12. The molecule has 1 N–H and O–H groups in total. The Hall–Kier alpha value is -0.270. The Bertz CT molecular complexity index is 376. The number of thiophene rings is 1. The molecule has 6 heteroatoms. The summed E-state index contributed by atoms with van der Waals surface area (Å²) in [6.07, 6.45) is -0.243. The van der Waals surface area contributed by atoms with E-state index in [1.54, 1.807) is 0 Å². The van der Waals surface area contributed by atoms with Crippen molar-refractivity contribution in [1.29, 1.82) is 0 Å². The summed E-state index contributed by atoms with van der Waals surface area (Å²) >= 11 is 4.78. The lowest BCUT2D eigenvalue weighted by Gasteiger charge is -2.14. The van der Waals surface area contributed by atoms with E-state index in [2.05, 4.69) is 15.9 Å². The fraction of sp³-hybridized carbons (Fsp3) is 0.500. The third-order valence-electron chi connectivity index (χ3n) is 2.34. The molecular weight excluding hydrogens is 294 g/mol. The van der Waals surface area contributed by atoms with Crippen LogP contribution in [0, 0.1) is 0 Å². The Balaban J connectivity index is 1.93. The molecule has 1 unspecified atom stereocenters. The standard InChI is InChI=1S/C10H12BrNO3S/c1-12(5-9-14-2-3-15-9)10(13)8-4-7(11)6-16-8/h4,6,9H,2-3,5H2,1H3/p+1. The van der Waals surface area contributed by atoms with Crippen LogP contribution in [-0.4, -0.2) is 39.0 Å². The number of hydrogen-bond donors (Lipinski definition) is 1. The van der Waals surface area contributed by atoms with Crippen molar-refractivity contribution in [1.82, 2.24) is 0 Å². The minimum atomic E-state index is -0.243. The van der Waals surface area contributed by atoms with Crippen molar-refractivity contribution in [2.24, 2.45) is 0 Å². The van der Waals surface area contributed by atoms with E-state index in [9.17, 15) is 4.79 Å². The SMILES string of the molecule is C[NH+](CC1OCCO1)C(=O)c1cc(Br)cs1. The summed E-state index contributed by atoms with van der Waals surface area (Å²) in [6, 6.07) is 1.84. The van der Waals surface area contributed by atoms with Gasteiger partial charge in [0.05, 0.1) is 20.3 Å². The van der Waals surface area contributed by atoms with Crippen molar-refractivity contribution in [3.05, 3.63) is 20.8 Å². The molecule has 16 heavy (non-hydrogen) atoms. The first-order valence-electron chi connectivity index (χ1n) is 5.01. The average molecular weight is 307 g/mol. The van der Waals surface area contributed by atoms with Gasteiger partial charge in [0, 0.05) is 9.85 Å². The van der Waals surface area contributed by atoms with E-state index >= 15 is 0 Å². The highest BCUT2D eigenvalue weighted by Crippen LogP contribution is 2.18. The lowest BCUT2D eigenvalue weighted by molar-refractivity contribution is -0.799. The monoisotopic (exact) mass is 306 g/mol. The summed E-state index contributed by atoms with van der Waals surface area (Å²) in [4.78, 5) is 13.5. The van der Waals surface area contributed by atoms with Crippen molar-refractivity contribution in [2.45, 2.75) is 6.29 Å². The zero-order valence-electron chi connectivity index (χ0n) is 8.86. The van der Waals surface area contributed by atoms with E-state index in [1.165, 1.54) is 11.3 Å². The number of likely N-dealkylation sites (N-methyl/N-ethyl adjacent to an activating group) is 1. The number of quaternary nitrogens is 1. The van der Waals surface area contributed by atoms with Crippen LogP contribution < -0.4 is 4.90 Å². The molecule has 0 aromatic carbocycles. The summed E-state index contributed by atoms with van der Waals surface area (Å²) in [6.45, 7) is 1.79. The molecule has 1 aromatic rings. The average Bonchev–Trinajstić information content (AvgIpc) is 2.88. The highest BCUT2D eigenvalue weighted by molar-refractivity contribution is 9.10. The van der Waals surface area contributed by atoms with Crippen LogP contribution in [0.3, 0.4) is 0 Å². The third kappa shape index (κ3) is 2.89. The number of hydrogen-bond acceptors (Lipinski definition) is 4. The third-order valence-corrected chi connectivity index (χ3v) is 4.03. The smallest absolute Gasteiger partial charge is 0.345 e. The van der Waals surface area contributed by atoms with Gasteiger partial charge in [-0.2, -0.15) is 0 Å². The number of halogens is 1. The molecule has 2 rings (SSSR count). The second-order valence-electron chi connectivity index (χ2n) is 3.61. The minimum Gasteiger partial charge on any atom is -0.345 e. The molecule has 1 amide bonds. The largest absolute Gasteiger partial charge is 0.354 e. The van der Waals surface area contributed by atoms with Gasteiger partial charge in [-0.3, -0.25) is 4.90 Å². The van der Waals surface area contributed by atoms with Crippen LogP contribution in [0.15, 0.2) is 15.9 Å². The topological polar surface area (TPSA) is 40.0 Å². The van der Waals surface area contributed by atoms with E-state index in [0.29, 0.717) is 19.8 Å². The summed E-state index contributed by atoms with van der Waals surface area (Å²) < 4.78 is 11.6. The molecule has 0 saturated carbocycles. The molecule has 1 aliphatic rings. The van der Waals surface area contributed by atoms with Gasteiger partial charge in [0.2, 0.25) is 6.29 Å². The maximum absolute atomic E-state index is 12.0. The first-order valence-corrected chi connectivity index (χ1v) is 6.68. The molecule has 0 radical (unpaired) electrons. The first-order chi connectivity index (χ1) is 7.66. The number of amides is 1. The molecule has 1 atom stereocenters. The number of carbonyl (C=O) groups is 1. The summed E-state index contributed by atoms with van der Waals surface area (Å²) in [5, 5.41) is 1.91. The summed E-state index contributed by atoms with van der Waals surface area (Å²) in [5.41, 5.74) is 0. The number of rotatable bonds is 3. The Morgan fingerprint density at radius 3 is 2.88 bits per heavy atom. The normalized spacial score (nSPS) is 18.9. The molecule has 4 nitrogen and oxygen atoms in total. The second-order valence-corrected chi connectivity index (χ2v) is 5.44. The number of carbonyl (C=O) groups excluding carboxylic acids is 1. The molecule has 1 aliphatic heterocycles. The van der Waals surface area contributed by atoms with E-state index in [4.69, 9.17) is 9.47 Å². The van der Waals surface area contributed by atoms with Crippen molar-refractivity contribution in [3.63, 3.8) is 0 Å². The van der Waals surface area contributed by atoms with E-state index in [0.717, 1.165) is 14.2 Å². The van der Waals surface area contributed by atoms with Gasteiger partial charge in [0.25, 0.3) is 0 Å². The van der Waals surface area contributed by atoms with Crippen molar-refractivity contribution in [3.8, 4) is 0 Å². The van der Waals surface area contributed by atoms with E-state index < -0.39 is 0 Å². The molecular formula is C10H13BrNO3S+. The molecule has 88 valence electrons. The van der Waals surface area contributed by atoms with Crippen LogP contribution in [-0.2, 0) is 9.47 Å². The van der Waals surface area contributed by atoms with Gasteiger partial charge in [-0.1, -0.05) is 0 Å². The Labute approximate surface area is 106 Å². The zero-order valence-corrected chi connectivity index (χ0v) is 11.3. The van der Waals surface area contributed by atoms with Gasteiger partial charge in [0.1, 0.15) is 11.4 Å². The second kappa shape index (κ2) is 5.37. The lowest BCUT2D eigenvalue weighted by atomic mass is 10.4. The molecule has 0 bridgehead atoms. The minimum absolute atomic E-state index is 0.0785. The van der Waals surface area contributed by atoms with E-state index in [-0.39, 0.29) is 12.2 Å². The summed E-state index contributed by atoms with van der Waals surface area (Å²) in [5.74, 6) is 0.0785. The van der Waals surface area contributed by atoms with Crippen LogP contribution in [0.1, 0.15) is 9.67 Å². The highest BCUT2D eigenvalue weighted by Gasteiger charge is 2.26.